The highest BCUT2D eigenvalue weighted by Gasteiger charge is 2.13. The summed E-state index contributed by atoms with van der Waals surface area (Å²) in [6.45, 7) is 1.95. The van der Waals surface area contributed by atoms with Gasteiger partial charge in [-0.1, -0.05) is 35.9 Å². The molecule has 0 bridgehead atoms. The third kappa shape index (κ3) is 2.60. The largest absolute Gasteiger partial charge is 0.478 e. The molecule has 0 aliphatic rings. The molecule has 0 amide bonds. The minimum absolute atomic E-state index is 0.255. The fourth-order valence-corrected chi connectivity index (χ4v) is 2.41. The maximum absolute atomic E-state index is 11.5. The van der Waals surface area contributed by atoms with E-state index in [4.69, 9.17) is 11.6 Å². The molecule has 1 aromatic heterocycles. The van der Waals surface area contributed by atoms with Crippen molar-refractivity contribution in [2.45, 2.75) is 6.92 Å². The molecule has 3 nitrogen and oxygen atoms in total. The van der Waals surface area contributed by atoms with Crippen molar-refractivity contribution < 1.29 is 9.90 Å². The Balaban J connectivity index is 2.29. The molecule has 0 fully saturated rings. The van der Waals surface area contributed by atoms with Crippen LogP contribution in [0.2, 0.25) is 5.02 Å². The Morgan fingerprint density at radius 1 is 1.10 bits per heavy atom. The van der Waals surface area contributed by atoms with E-state index in [1.54, 1.807) is 24.3 Å². The number of aromatic carboxylic acids is 1. The number of carboxylic acid groups (broad SMARTS) is 1. The summed E-state index contributed by atoms with van der Waals surface area (Å²) in [4.78, 5) is 16.1. The number of pyridine rings is 1. The van der Waals surface area contributed by atoms with Crippen molar-refractivity contribution in [3.05, 3.63) is 64.7 Å². The summed E-state index contributed by atoms with van der Waals surface area (Å²) in [5.41, 5.74) is 3.44. The fourth-order valence-electron chi connectivity index (χ4n) is 2.28. The summed E-state index contributed by atoms with van der Waals surface area (Å²) in [5, 5.41) is 10.7. The number of benzene rings is 2. The number of carboxylic acids is 1. The third-order valence-corrected chi connectivity index (χ3v) is 3.59. The van der Waals surface area contributed by atoms with Crippen LogP contribution in [0.4, 0.5) is 0 Å². The van der Waals surface area contributed by atoms with E-state index in [-0.39, 0.29) is 5.56 Å². The summed E-state index contributed by atoms with van der Waals surface area (Å²) < 4.78 is 0. The van der Waals surface area contributed by atoms with Crippen molar-refractivity contribution in [2.24, 2.45) is 0 Å². The SMILES string of the molecule is Cc1ccc2c(C(=O)O)cc(-c3ccc(Cl)cc3)nc2c1. The first-order valence-corrected chi connectivity index (χ1v) is 6.83. The molecule has 21 heavy (non-hydrogen) atoms. The molecule has 0 aliphatic heterocycles. The van der Waals surface area contributed by atoms with Crippen molar-refractivity contribution in [3.63, 3.8) is 0 Å². The van der Waals surface area contributed by atoms with Crippen molar-refractivity contribution in [3.8, 4) is 11.3 Å². The molecular formula is C17H12ClNO2. The lowest BCUT2D eigenvalue weighted by Crippen LogP contribution is -2.00. The first-order chi connectivity index (χ1) is 10.0. The summed E-state index contributed by atoms with van der Waals surface area (Å²) in [6.07, 6.45) is 0. The van der Waals surface area contributed by atoms with Crippen LogP contribution in [0.5, 0.6) is 0 Å². The number of hydrogen-bond acceptors (Lipinski definition) is 2. The van der Waals surface area contributed by atoms with Crippen molar-refractivity contribution in [2.75, 3.05) is 0 Å². The van der Waals surface area contributed by atoms with Crippen LogP contribution >= 0.6 is 11.6 Å². The fraction of sp³-hybridized carbons (Fsp3) is 0.0588. The van der Waals surface area contributed by atoms with Gasteiger partial charge in [-0.25, -0.2) is 9.78 Å². The van der Waals surface area contributed by atoms with E-state index in [2.05, 4.69) is 4.98 Å². The van der Waals surface area contributed by atoms with Gasteiger partial charge >= 0.3 is 5.97 Å². The van der Waals surface area contributed by atoms with Gasteiger partial charge in [0.1, 0.15) is 0 Å². The highest BCUT2D eigenvalue weighted by molar-refractivity contribution is 6.30. The summed E-state index contributed by atoms with van der Waals surface area (Å²) >= 11 is 5.88. The van der Waals surface area contributed by atoms with Gasteiger partial charge in [0.25, 0.3) is 0 Å². The minimum Gasteiger partial charge on any atom is -0.478 e. The zero-order valence-corrected chi connectivity index (χ0v) is 12.1. The zero-order chi connectivity index (χ0) is 15.0. The predicted molar refractivity (Wildman–Crippen MR) is 83.9 cm³/mol. The average Bonchev–Trinajstić information content (AvgIpc) is 2.46. The molecule has 0 spiro atoms. The molecule has 0 unspecified atom stereocenters. The summed E-state index contributed by atoms with van der Waals surface area (Å²) in [6, 6.07) is 14.4. The Bertz CT molecular complexity index is 841. The van der Waals surface area contributed by atoms with E-state index < -0.39 is 5.97 Å². The highest BCUT2D eigenvalue weighted by atomic mass is 35.5. The van der Waals surface area contributed by atoms with Gasteiger partial charge in [-0.3, -0.25) is 0 Å². The summed E-state index contributed by atoms with van der Waals surface area (Å²) in [5.74, 6) is -0.957. The van der Waals surface area contributed by atoms with E-state index in [0.717, 1.165) is 11.1 Å². The number of aryl methyl sites for hydroxylation is 1. The van der Waals surface area contributed by atoms with Crippen LogP contribution in [0, 0.1) is 6.92 Å². The van der Waals surface area contributed by atoms with Crippen LogP contribution in [0.25, 0.3) is 22.2 Å². The highest BCUT2D eigenvalue weighted by Crippen LogP contribution is 2.26. The van der Waals surface area contributed by atoms with Crippen molar-refractivity contribution >= 4 is 28.5 Å². The first-order valence-electron chi connectivity index (χ1n) is 6.45. The topological polar surface area (TPSA) is 50.2 Å². The van der Waals surface area contributed by atoms with Gasteiger partial charge in [-0.15, -0.1) is 0 Å². The number of fused-ring (bicyclic) bond motifs is 1. The molecular weight excluding hydrogens is 286 g/mol. The number of carbonyl (C=O) groups is 1. The van der Waals surface area contributed by atoms with Crippen molar-refractivity contribution in [1.29, 1.82) is 0 Å². The maximum Gasteiger partial charge on any atom is 0.336 e. The Kier molecular flexibility index (Phi) is 3.35. The third-order valence-electron chi connectivity index (χ3n) is 3.34. The molecule has 0 saturated carbocycles. The Morgan fingerprint density at radius 2 is 1.81 bits per heavy atom. The smallest absolute Gasteiger partial charge is 0.336 e. The van der Waals surface area contributed by atoms with Gasteiger partial charge < -0.3 is 5.11 Å². The lowest BCUT2D eigenvalue weighted by molar-refractivity contribution is 0.0699. The lowest BCUT2D eigenvalue weighted by Gasteiger charge is -2.08. The summed E-state index contributed by atoms with van der Waals surface area (Å²) in [7, 11) is 0. The molecule has 3 rings (SSSR count). The number of halogens is 1. The normalized spacial score (nSPS) is 10.8. The first kappa shape index (κ1) is 13.6. The second-order valence-corrected chi connectivity index (χ2v) is 5.32. The molecule has 0 atom stereocenters. The van der Waals surface area contributed by atoms with Gasteiger partial charge in [0, 0.05) is 16.0 Å². The van der Waals surface area contributed by atoms with E-state index in [9.17, 15) is 9.90 Å². The standard InChI is InChI=1S/C17H12ClNO2/c1-10-2-7-13-14(17(20)21)9-15(19-16(13)8-10)11-3-5-12(18)6-4-11/h2-9H,1H3,(H,20,21). The molecule has 104 valence electrons. The van der Waals surface area contributed by atoms with Crippen LogP contribution in [0.1, 0.15) is 15.9 Å². The minimum atomic E-state index is -0.957. The van der Waals surface area contributed by atoms with Gasteiger partial charge in [-0.05, 0) is 36.8 Å². The van der Waals surface area contributed by atoms with E-state index >= 15 is 0 Å². The Morgan fingerprint density at radius 3 is 2.48 bits per heavy atom. The second kappa shape index (κ2) is 5.19. The predicted octanol–water partition coefficient (Wildman–Crippen LogP) is 4.56. The number of hydrogen-bond donors (Lipinski definition) is 1. The molecule has 3 aromatic rings. The number of nitrogens with zero attached hydrogens (tertiary/aromatic N) is 1. The van der Waals surface area contributed by atoms with E-state index in [1.807, 2.05) is 31.2 Å². The molecule has 1 N–H and O–H groups in total. The van der Waals surface area contributed by atoms with Crippen LogP contribution in [-0.2, 0) is 0 Å². The van der Waals surface area contributed by atoms with Gasteiger partial charge in [0.2, 0.25) is 0 Å². The van der Waals surface area contributed by atoms with Crippen molar-refractivity contribution in [1.82, 2.24) is 4.98 Å². The van der Waals surface area contributed by atoms with Gasteiger partial charge in [0.05, 0.1) is 16.8 Å². The molecule has 4 heteroatoms. The molecule has 0 saturated heterocycles. The molecule has 2 aromatic carbocycles. The monoisotopic (exact) mass is 297 g/mol. The molecule has 0 aliphatic carbocycles. The number of rotatable bonds is 2. The quantitative estimate of drug-likeness (QED) is 0.754. The van der Waals surface area contributed by atoms with Crippen LogP contribution in [0.15, 0.2) is 48.5 Å². The Hall–Kier alpha value is -2.39. The molecule has 1 heterocycles. The van der Waals surface area contributed by atoms with Crippen LogP contribution in [-0.4, -0.2) is 16.1 Å². The second-order valence-electron chi connectivity index (χ2n) is 4.89. The van der Waals surface area contributed by atoms with Gasteiger partial charge in [-0.2, -0.15) is 0 Å². The maximum atomic E-state index is 11.5. The van der Waals surface area contributed by atoms with E-state index in [1.165, 1.54) is 0 Å². The molecule has 0 radical (unpaired) electrons. The van der Waals surface area contributed by atoms with E-state index in [0.29, 0.717) is 21.6 Å². The van der Waals surface area contributed by atoms with Crippen LogP contribution in [0.3, 0.4) is 0 Å². The number of aromatic nitrogens is 1. The Labute approximate surface area is 126 Å². The van der Waals surface area contributed by atoms with Crippen LogP contribution < -0.4 is 0 Å². The average molecular weight is 298 g/mol. The lowest BCUT2D eigenvalue weighted by atomic mass is 10.0. The zero-order valence-electron chi connectivity index (χ0n) is 11.3. The van der Waals surface area contributed by atoms with Gasteiger partial charge in [0.15, 0.2) is 0 Å².